The van der Waals surface area contributed by atoms with Crippen LogP contribution in [-0.4, -0.2) is 39.2 Å². The summed E-state index contributed by atoms with van der Waals surface area (Å²) in [6.45, 7) is 7.37. The van der Waals surface area contributed by atoms with Gasteiger partial charge in [-0.1, -0.05) is 13.0 Å². The molecule has 1 N–H and O–H groups in total. The molecular formula is C17H26N2O3. The lowest BCUT2D eigenvalue weighted by atomic mass is 9.81. The molecule has 0 unspecified atom stereocenters. The smallest absolute Gasteiger partial charge is 0.250 e. The summed E-state index contributed by atoms with van der Waals surface area (Å²) < 4.78 is 1.63. The molecule has 5 heteroatoms. The van der Waals surface area contributed by atoms with E-state index in [-0.39, 0.29) is 17.4 Å². The molecule has 22 heavy (non-hydrogen) atoms. The first kappa shape index (κ1) is 16.7. The molecule has 0 radical (unpaired) electrons. The number of amides is 1. The van der Waals surface area contributed by atoms with Crippen LogP contribution in [0.15, 0.2) is 23.0 Å². The second kappa shape index (κ2) is 6.65. The molecule has 0 spiro atoms. The van der Waals surface area contributed by atoms with Crippen LogP contribution >= 0.6 is 0 Å². The number of rotatable bonds is 4. The fourth-order valence-corrected chi connectivity index (χ4v) is 3.19. The Bertz CT molecular complexity index is 592. The zero-order valence-electron chi connectivity index (χ0n) is 13.7. The van der Waals surface area contributed by atoms with Gasteiger partial charge in [0.1, 0.15) is 0 Å². The predicted octanol–water partition coefficient (Wildman–Crippen LogP) is 1.56. The number of nitrogens with zero attached hydrogens (tertiary/aromatic N) is 2. The lowest BCUT2D eigenvalue weighted by Crippen LogP contribution is -2.51. The highest BCUT2D eigenvalue weighted by Gasteiger charge is 2.37. The van der Waals surface area contributed by atoms with Crippen molar-refractivity contribution < 1.29 is 9.90 Å². The third kappa shape index (κ3) is 3.58. The van der Waals surface area contributed by atoms with Crippen LogP contribution in [0.1, 0.15) is 38.8 Å². The standard InChI is InChI=1S/C17H26N2O3/c1-4-14-12-18(11-9-17(14,3)22)15(20)8-10-19-13(2)6-5-7-16(19)21/h5-7,14,22H,4,8-12H2,1-3H3/t14-,17+/m1/s1. The molecule has 1 aliphatic rings. The predicted molar refractivity (Wildman–Crippen MR) is 85.7 cm³/mol. The summed E-state index contributed by atoms with van der Waals surface area (Å²) in [4.78, 5) is 26.0. The molecule has 1 saturated heterocycles. The van der Waals surface area contributed by atoms with Gasteiger partial charge in [-0.3, -0.25) is 9.59 Å². The molecule has 1 aromatic rings. The zero-order chi connectivity index (χ0) is 16.3. The van der Waals surface area contributed by atoms with E-state index in [0.717, 1.165) is 12.1 Å². The van der Waals surface area contributed by atoms with Gasteiger partial charge in [-0.05, 0) is 32.8 Å². The van der Waals surface area contributed by atoms with E-state index in [1.165, 1.54) is 6.07 Å². The first-order chi connectivity index (χ1) is 10.3. The normalized spacial score (nSPS) is 25.3. The molecule has 2 rings (SSSR count). The van der Waals surface area contributed by atoms with E-state index in [4.69, 9.17) is 0 Å². The highest BCUT2D eigenvalue weighted by atomic mass is 16.3. The van der Waals surface area contributed by atoms with Crippen LogP contribution in [0.4, 0.5) is 0 Å². The van der Waals surface area contributed by atoms with Crippen LogP contribution in [0.25, 0.3) is 0 Å². The Kier molecular flexibility index (Phi) is 5.06. The van der Waals surface area contributed by atoms with E-state index in [1.807, 2.05) is 31.7 Å². The Labute approximate surface area is 131 Å². The van der Waals surface area contributed by atoms with Crippen LogP contribution in [-0.2, 0) is 11.3 Å². The molecule has 1 fully saturated rings. The van der Waals surface area contributed by atoms with Gasteiger partial charge < -0.3 is 14.6 Å². The Balaban J connectivity index is 1.97. The number of likely N-dealkylation sites (tertiary alicyclic amines) is 1. The van der Waals surface area contributed by atoms with E-state index in [2.05, 4.69) is 0 Å². The Hall–Kier alpha value is -1.62. The minimum absolute atomic E-state index is 0.0594. The molecule has 0 saturated carbocycles. The molecule has 122 valence electrons. The summed E-state index contributed by atoms with van der Waals surface area (Å²) >= 11 is 0. The molecule has 1 amide bonds. The Morgan fingerprint density at radius 3 is 2.82 bits per heavy atom. The van der Waals surface area contributed by atoms with Gasteiger partial charge in [-0.15, -0.1) is 0 Å². The van der Waals surface area contributed by atoms with Gasteiger partial charge in [0.05, 0.1) is 5.60 Å². The minimum Gasteiger partial charge on any atom is -0.390 e. The maximum absolute atomic E-state index is 12.4. The molecular weight excluding hydrogens is 280 g/mol. The minimum atomic E-state index is -0.682. The van der Waals surface area contributed by atoms with E-state index in [9.17, 15) is 14.7 Å². The molecule has 1 aromatic heterocycles. The fraction of sp³-hybridized carbons (Fsp3) is 0.647. The average Bonchev–Trinajstić information content (AvgIpc) is 2.46. The highest BCUT2D eigenvalue weighted by molar-refractivity contribution is 5.76. The van der Waals surface area contributed by atoms with Gasteiger partial charge >= 0.3 is 0 Å². The zero-order valence-corrected chi connectivity index (χ0v) is 13.7. The number of carbonyl (C=O) groups excluding carboxylic acids is 1. The molecule has 2 atom stereocenters. The van der Waals surface area contributed by atoms with E-state index >= 15 is 0 Å². The SMILES string of the molecule is CC[C@@H]1CN(C(=O)CCn2c(C)cccc2=O)CC[C@]1(C)O. The fourth-order valence-electron chi connectivity index (χ4n) is 3.19. The van der Waals surface area contributed by atoms with Gasteiger partial charge in [-0.2, -0.15) is 0 Å². The van der Waals surface area contributed by atoms with Gasteiger partial charge in [0, 0.05) is 43.7 Å². The van der Waals surface area contributed by atoms with Crippen molar-refractivity contribution in [2.45, 2.75) is 52.2 Å². The summed E-state index contributed by atoms with van der Waals surface area (Å²) in [6.07, 6.45) is 1.79. The lowest BCUT2D eigenvalue weighted by Gasteiger charge is -2.42. The number of piperidine rings is 1. The van der Waals surface area contributed by atoms with Crippen LogP contribution < -0.4 is 5.56 Å². The summed E-state index contributed by atoms with van der Waals surface area (Å²) in [5.41, 5.74) is 0.118. The average molecular weight is 306 g/mol. The van der Waals surface area contributed by atoms with Crippen LogP contribution in [0.2, 0.25) is 0 Å². The molecule has 0 aromatic carbocycles. The van der Waals surface area contributed by atoms with Crippen molar-refractivity contribution in [3.63, 3.8) is 0 Å². The summed E-state index contributed by atoms with van der Waals surface area (Å²) in [5.74, 6) is 0.176. The van der Waals surface area contributed by atoms with E-state index in [0.29, 0.717) is 32.5 Å². The van der Waals surface area contributed by atoms with Gasteiger partial charge in [0.2, 0.25) is 5.91 Å². The molecule has 0 bridgehead atoms. The number of aliphatic hydroxyl groups is 1. The number of aryl methyl sites for hydroxylation is 1. The largest absolute Gasteiger partial charge is 0.390 e. The lowest BCUT2D eigenvalue weighted by molar-refractivity contribution is -0.139. The second-order valence-electron chi connectivity index (χ2n) is 6.46. The Morgan fingerprint density at radius 2 is 2.18 bits per heavy atom. The van der Waals surface area contributed by atoms with Crippen LogP contribution in [0.3, 0.4) is 0 Å². The van der Waals surface area contributed by atoms with Gasteiger partial charge in [0.25, 0.3) is 5.56 Å². The van der Waals surface area contributed by atoms with Crippen molar-refractivity contribution in [2.75, 3.05) is 13.1 Å². The number of pyridine rings is 1. The van der Waals surface area contributed by atoms with Crippen molar-refractivity contribution in [3.05, 3.63) is 34.2 Å². The van der Waals surface area contributed by atoms with Crippen molar-refractivity contribution >= 4 is 5.91 Å². The maximum atomic E-state index is 12.4. The molecule has 5 nitrogen and oxygen atoms in total. The number of aromatic nitrogens is 1. The topological polar surface area (TPSA) is 62.5 Å². The monoisotopic (exact) mass is 306 g/mol. The van der Waals surface area contributed by atoms with Crippen molar-refractivity contribution in [1.29, 1.82) is 0 Å². The summed E-state index contributed by atoms with van der Waals surface area (Å²) in [7, 11) is 0. The highest BCUT2D eigenvalue weighted by Crippen LogP contribution is 2.30. The Morgan fingerprint density at radius 1 is 1.45 bits per heavy atom. The van der Waals surface area contributed by atoms with Crippen molar-refractivity contribution in [3.8, 4) is 0 Å². The van der Waals surface area contributed by atoms with Gasteiger partial charge in [-0.25, -0.2) is 0 Å². The maximum Gasteiger partial charge on any atom is 0.250 e. The van der Waals surface area contributed by atoms with Gasteiger partial charge in [0.15, 0.2) is 0 Å². The second-order valence-corrected chi connectivity index (χ2v) is 6.46. The van der Waals surface area contributed by atoms with E-state index < -0.39 is 5.60 Å². The first-order valence-electron chi connectivity index (χ1n) is 8.01. The number of hydrogen-bond donors (Lipinski definition) is 1. The number of carbonyl (C=O) groups is 1. The molecule has 2 heterocycles. The summed E-state index contributed by atoms with van der Waals surface area (Å²) in [5, 5.41) is 10.3. The van der Waals surface area contributed by atoms with E-state index in [1.54, 1.807) is 10.6 Å². The first-order valence-corrected chi connectivity index (χ1v) is 8.01. The molecule has 0 aliphatic carbocycles. The van der Waals surface area contributed by atoms with Crippen LogP contribution in [0.5, 0.6) is 0 Å². The van der Waals surface area contributed by atoms with Crippen molar-refractivity contribution in [1.82, 2.24) is 9.47 Å². The van der Waals surface area contributed by atoms with Crippen LogP contribution in [0, 0.1) is 12.8 Å². The van der Waals surface area contributed by atoms with Crippen molar-refractivity contribution in [2.24, 2.45) is 5.92 Å². The molecule has 1 aliphatic heterocycles. The summed E-state index contributed by atoms with van der Waals surface area (Å²) in [6, 6.07) is 5.12. The quantitative estimate of drug-likeness (QED) is 0.918. The third-order valence-electron chi connectivity index (χ3n) is 4.87. The number of hydrogen-bond acceptors (Lipinski definition) is 3. The third-order valence-corrected chi connectivity index (χ3v) is 4.87.